The molecular formula is C12H16N2O2. The first kappa shape index (κ1) is 10.8. The monoisotopic (exact) mass is 220 g/mol. The normalized spacial score (nSPS) is 12.0. The van der Waals surface area contributed by atoms with Crippen LogP contribution in [-0.4, -0.2) is 22.0 Å². The molecule has 4 heteroatoms. The smallest absolute Gasteiger partial charge is 0.175 e. The maximum Gasteiger partial charge on any atom is 0.175 e. The lowest BCUT2D eigenvalue weighted by molar-refractivity contribution is 0.182. The molecule has 1 N–H and O–H groups in total. The van der Waals surface area contributed by atoms with Crippen LogP contribution in [0.3, 0.4) is 0 Å². The fraction of sp³-hybridized carbons (Fsp3) is 0.417. The van der Waals surface area contributed by atoms with Gasteiger partial charge in [-0.1, -0.05) is 20.8 Å². The average molecular weight is 220 g/mol. The van der Waals surface area contributed by atoms with Crippen molar-refractivity contribution in [3.63, 3.8) is 0 Å². The van der Waals surface area contributed by atoms with Crippen molar-refractivity contribution in [3.8, 4) is 17.1 Å². The van der Waals surface area contributed by atoms with E-state index in [9.17, 15) is 5.21 Å². The van der Waals surface area contributed by atoms with E-state index in [2.05, 4.69) is 25.8 Å². The quantitative estimate of drug-likeness (QED) is 0.751. The summed E-state index contributed by atoms with van der Waals surface area (Å²) >= 11 is 0. The highest BCUT2D eigenvalue weighted by atomic mass is 16.5. The Morgan fingerprint density at radius 3 is 2.62 bits per heavy atom. The summed E-state index contributed by atoms with van der Waals surface area (Å²) in [5.41, 5.74) is 1.93. The number of rotatable bonds is 1. The lowest BCUT2D eigenvalue weighted by Crippen LogP contribution is -2.17. The molecule has 0 saturated carbocycles. The van der Waals surface area contributed by atoms with Gasteiger partial charge in [-0.25, -0.2) is 4.98 Å². The molecule has 0 radical (unpaired) electrons. The van der Waals surface area contributed by atoms with Gasteiger partial charge in [-0.05, 0) is 11.5 Å². The van der Waals surface area contributed by atoms with Crippen LogP contribution >= 0.6 is 0 Å². The molecule has 2 rings (SSSR count). The first-order chi connectivity index (χ1) is 7.45. The van der Waals surface area contributed by atoms with E-state index in [4.69, 9.17) is 4.74 Å². The summed E-state index contributed by atoms with van der Waals surface area (Å²) in [6.45, 7) is 6.33. The second-order valence-corrected chi connectivity index (χ2v) is 4.85. The SMILES string of the molecule is COc1cn(O)c2nccc-2c1C(C)(C)C. The van der Waals surface area contributed by atoms with Crippen molar-refractivity contribution in [3.05, 3.63) is 24.0 Å². The summed E-state index contributed by atoms with van der Waals surface area (Å²) in [6, 6.07) is 1.89. The summed E-state index contributed by atoms with van der Waals surface area (Å²) < 4.78 is 6.32. The first-order valence-corrected chi connectivity index (χ1v) is 5.19. The van der Waals surface area contributed by atoms with Gasteiger partial charge >= 0.3 is 0 Å². The number of fused-ring (bicyclic) bond motifs is 1. The van der Waals surface area contributed by atoms with Crippen molar-refractivity contribution in [2.24, 2.45) is 0 Å². The molecule has 86 valence electrons. The fourth-order valence-electron chi connectivity index (χ4n) is 2.00. The fourth-order valence-corrected chi connectivity index (χ4v) is 2.00. The van der Waals surface area contributed by atoms with E-state index in [1.54, 1.807) is 19.5 Å². The Bertz CT molecular complexity index is 483. The summed E-state index contributed by atoms with van der Waals surface area (Å²) in [6.07, 6.45) is 3.24. The van der Waals surface area contributed by atoms with Crippen LogP contribution in [0.5, 0.6) is 5.75 Å². The third-order valence-corrected chi connectivity index (χ3v) is 2.62. The van der Waals surface area contributed by atoms with Crippen LogP contribution in [0.25, 0.3) is 11.4 Å². The summed E-state index contributed by atoms with van der Waals surface area (Å²) in [4.78, 5) is 4.13. The zero-order valence-corrected chi connectivity index (χ0v) is 9.98. The van der Waals surface area contributed by atoms with Crippen LogP contribution < -0.4 is 4.74 Å². The van der Waals surface area contributed by atoms with E-state index in [1.807, 2.05) is 6.07 Å². The summed E-state index contributed by atoms with van der Waals surface area (Å²) in [5.74, 6) is 1.24. The van der Waals surface area contributed by atoms with Gasteiger partial charge in [0.05, 0.1) is 13.3 Å². The molecule has 2 heterocycles. The number of pyridine rings is 1. The maximum atomic E-state index is 9.74. The van der Waals surface area contributed by atoms with Crippen molar-refractivity contribution in [2.45, 2.75) is 26.2 Å². The zero-order chi connectivity index (χ0) is 11.9. The molecule has 0 spiro atoms. The van der Waals surface area contributed by atoms with E-state index in [1.165, 1.54) is 0 Å². The number of ether oxygens (including phenoxy) is 1. The Kier molecular flexibility index (Phi) is 2.30. The number of hydrogen-bond acceptors (Lipinski definition) is 3. The lowest BCUT2D eigenvalue weighted by atomic mass is 9.83. The zero-order valence-electron chi connectivity index (χ0n) is 9.98. The van der Waals surface area contributed by atoms with Gasteiger partial charge in [0, 0.05) is 17.3 Å². The maximum absolute atomic E-state index is 9.74. The number of aromatic nitrogens is 2. The van der Waals surface area contributed by atoms with Gasteiger partial charge in [-0.2, -0.15) is 4.73 Å². The highest BCUT2D eigenvalue weighted by molar-refractivity contribution is 5.68. The molecule has 16 heavy (non-hydrogen) atoms. The Morgan fingerprint density at radius 1 is 1.38 bits per heavy atom. The molecule has 0 bridgehead atoms. The Morgan fingerprint density at radius 2 is 2.06 bits per heavy atom. The third kappa shape index (κ3) is 1.50. The predicted octanol–water partition coefficient (Wildman–Crippen LogP) is 2.53. The molecule has 0 amide bonds. The van der Waals surface area contributed by atoms with Crippen molar-refractivity contribution in [2.75, 3.05) is 7.11 Å². The number of hydrogen-bond donors (Lipinski definition) is 1. The van der Waals surface area contributed by atoms with Gasteiger partial charge in [-0.15, -0.1) is 0 Å². The van der Waals surface area contributed by atoms with Crippen molar-refractivity contribution in [1.82, 2.24) is 9.71 Å². The average Bonchev–Trinajstić information content (AvgIpc) is 2.63. The molecule has 2 aliphatic heterocycles. The predicted molar refractivity (Wildman–Crippen MR) is 61.3 cm³/mol. The van der Waals surface area contributed by atoms with Gasteiger partial charge in [0.1, 0.15) is 5.75 Å². The van der Waals surface area contributed by atoms with Crippen LogP contribution in [-0.2, 0) is 5.41 Å². The Balaban J connectivity index is 2.80. The number of nitrogens with zero attached hydrogens (tertiary/aromatic N) is 2. The first-order valence-electron chi connectivity index (χ1n) is 5.19. The second-order valence-electron chi connectivity index (χ2n) is 4.85. The highest BCUT2D eigenvalue weighted by Crippen LogP contribution is 2.39. The van der Waals surface area contributed by atoms with Gasteiger partial charge in [0.25, 0.3) is 0 Å². The van der Waals surface area contributed by atoms with Crippen LogP contribution in [0.4, 0.5) is 0 Å². The van der Waals surface area contributed by atoms with E-state index in [0.29, 0.717) is 11.6 Å². The molecular weight excluding hydrogens is 204 g/mol. The van der Waals surface area contributed by atoms with Gasteiger partial charge < -0.3 is 9.94 Å². The molecule has 0 aromatic heterocycles. The standard InChI is InChI=1S/C12H16N2O2/c1-12(2,3)10-8-5-6-13-11(8)14(15)7-9(10)16-4/h5-7,15H,1-4H3. The van der Waals surface area contributed by atoms with Crippen molar-refractivity contribution >= 4 is 0 Å². The molecule has 0 atom stereocenters. The minimum atomic E-state index is -0.0616. The highest BCUT2D eigenvalue weighted by Gasteiger charge is 2.27. The number of methoxy groups -OCH3 is 1. The van der Waals surface area contributed by atoms with Crippen LogP contribution in [0, 0.1) is 0 Å². The molecule has 2 aliphatic rings. The van der Waals surface area contributed by atoms with E-state index in [0.717, 1.165) is 15.9 Å². The summed E-state index contributed by atoms with van der Waals surface area (Å²) in [5, 5.41) is 9.74. The van der Waals surface area contributed by atoms with E-state index >= 15 is 0 Å². The Hall–Kier alpha value is -1.71. The largest absolute Gasteiger partial charge is 0.495 e. The molecule has 0 aromatic rings. The van der Waals surface area contributed by atoms with Crippen molar-refractivity contribution < 1.29 is 9.94 Å². The lowest BCUT2D eigenvalue weighted by Gasteiger charge is -2.25. The molecule has 0 aromatic carbocycles. The van der Waals surface area contributed by atoms with Gasteiger partial charge in [-0.3, -0.25) is 0 Å². The second kappa shape index (κ2) is 3.40. The minimum Gasteiger partial charge on any atom is -0.495 e. The van der Waals surface area contributed by atoms with E-state index < -0.39 is 0 Å². The van der Waals surface area contributed by atoms with Crippen LogP contribution in [0.15, 0.2) is 18.5 Å². The van der Waals surface area contributed by atoms with E-state index in [-0.39, 0.29) is 5.41 Å². The van der Waals surface area contributed by atoms with Gasteiger partial charge in [0.2, 0.25) is 0 Å². The third-order valence-electron chi connectivity index (χ3n) is 2.62. The Labute approximate surface area is 94.8 Å². The van der Waals surface area contributed by atoms with Crippen LogP contribution in [0.2, 0.25) is 0 Å². The molecule has 0 unspecified atom stereocenters. The molecule has 0 saturated heterocycles. The molecule has 0 fully saturated rings. The molecule has 0 aliphatic carbocycles. The summed E-state index contributed by atoms with van der Waals surface area (Å²) in [7, 11) is 1.60. The molecule has 4 nitrogen and oxygen atoms in total. The van der Waals surface area contributed by atoms with Crippen molar-refractivity contribution in [1.29, 1.82) is 0 Å². The van der Waals surface area contributed by atoms with Gasteiger partial charge in [0.15, 0.2) is 5.82 Å². The minimum absolute atomic E-state index is 0.0616. The van der Waals surface area contributed by atoms with Crippen LogP contribution in [0.1, 0.15) is 26.3 Å². The topological polar surface area (TPSA) is 47.3 Å².